The van der Waals surface area contributed by atoms with E-state index in [-0.39, 0.29) is 0 Å². The number of rotatable bonds is 1. The summed E-state index contributed by atoms with van der Waals surface area (Å²) in [5.74, 6) is 0.641. The molecule has 1 heterocycles. The highest BCUT2D eigenvalue weighted by Gasteiger charge is 2.15. The number of benzene rings is 1. The van der Waals surface area contributed by atoms with Gasteiger partial charge in [0.25, 0.3) is 0 Å². The van der Waals surface area contributed by atoms with Crippen molar-refractivity contribution >= 4 is 0 Å². The van der Waals surface area contributed by atoms with Gasteiger partial charge in [-0.3, -0.25) is 0 Å². The van der Waals surface area contributed by atoms with Crippen LogP contribution >= 0.6 is 0 Å². The number of hydrogen-bond acceptors (Lipinski definition) is 1. The minimum Gasteiger partial charge on any atom is -0.302 e. The van der Waals surface area contributed by atoms with Crippen LogP contribution in [-0.4, -0.2) is 18.5 Å². The maximum Gasteiger partial charge on any atom is 0.0233 e. The lowest BCUT2D eigenvalue weighted by atomic mass is 9.90. The minimum atomic E-state index is 0.641. The Morgan fingerprint density at radius 2 is 1.93 bits per heavy atom. The Morgan fingerprint density at radius 3 is 2.60 bits per heavy atom. The lowest BCUT2D eigenvalue weighted by Crippen LogP contribution is -2.26. The molecule has 0 aromatic heterocycles. The third kappa shape index (κ3) is 2.07. The Morgan fingerprint density at radius 1 is 1.20 bits per heavy atom. The van der Waals surface area contributed by atoms with Crippen molar-refractivity contribution in [1.82, 2.24) is 4.90 Å². The van der Waals surface area contributed by atoms with Crippen molar-refractivity contribution in [2.45, 2.75) is 39.7 Å². The number of likely N-dealkylation sites (N-methyl/N-ethyl adjacent to an activating group) is 1. The molecule has 1 aliphatic rings. The maximum atomic E-state index is 2.42. The van der Waals surface area contributed by atoms with Gasteiger partial charge in [-0.25, -0.2) is 0 Å². The van der Waals surface area contributed by atoms with E-state index >= 15 is 0 Å². The standard InChI is InChI=1S/C14H21N/c1-10(2)14-8-13-9-15(4)6-5-12(13)7-11(14)3/h7-8,10H,5-6,9H2,1-4H3. The van der Waals surface area contributed by atoms with Crippen molar-refractivity contribution in [2.24, 2.45) is 0 Å². The largest absolute Gasteiger partial charge is 0.302 e. The first-order chi connectivity index (χ1) is 7.08. The van der Waals surface area contributed by atoms with E-state index in [9.17, 15) is 0 Å². The highest BCUT2D eigenvalue weighted by molar-refractivity contribution is 5.40. The van der Waals surface area contributed by atoms with Gasteiger partial charge < -0.3 is 4.90 Å². The van der Waals surface area contributed by atoms with Crippen molar-refractivity contribution in [3.05, 3.63) is 34.4 Å². The highest BCUT2D eigenvalue weighted by Crippen LogP contribution is 2.26. The van der Waals surface area contributed by atoms with E-state index in [1.165, 1.54) is 29.7 Å². The second kappa shape index (κ2) is 3.97. The van der Waals surface area contributed by atoms with Crippen molar-refractivity contribution < 1.29 is 0 Å². The molecule has 1 aromatic rings. The molecule has 1 nitrogen and oxygen atoms in total. The van der Waals surface area contributed by atoms with Crippen molar-refractivity contribution in [1.29, 1.82) is 0 Å². The van der Waals surface area contributed by atoms with Crippen LogP contribution in [0.4, 0.5) is 0 Å². The van der Waals surface area contributed by atoms with Gasteiger partial charge in [-0.1, -0.05) is 26.0 Å². The van der Waals surface area contributed by atoms with Gasteiger partial charge in [-0.15, -0.1) is 0 Å². The van der Waals surface area contributed by atoms with Crippen LogP contribution in [0.2, 0.25) is 0 Å². The van der Waals surface area contributed by atoms with E-state index < -0.39 is 0 Å². The Kier molecular flexibility index (Phi) is 2.83. The van der Waals surface area contributed by atoms with Crippen LogP contribution in [0.3, 0.4) is 0 Å². The Balaban J connectivity index is 2.42. The summed E-state index contributed by atoms with van der Waals surface area (Å²) in [5, 5.41) is 0. The zero-order valence-electron chi connectivity index (χ0n) is 10.3. The molecule has 15 heavy (non-hydrogen) atoms. The third-order valence-corrected chi connectivity index (χ3v) is 3.41. The zero-order valence-corrected chi connectivity index (χ0v) is 10.3. The first kappa shape index (κ1) is 10.7. The predicted octanol–water partition coefficient (Wildman–Crippen LogP) is 3.11. The zero-order chi connectivity index (χ0) is 11.0. The van der Waals surface area contributed by atoms with Crippen molar-refractivity contribution in [2.75, 3.05) is 13.6 Å². The van der Waals surface area contributed by atoms with Gasteiger partial charge in [0.1, 0.15) is 0 Å². The topological polar surface area (TPSA) is 3.24 Å². The van der Waals surface area contributed by atoms with Crippen molar-refractivity contribution in [3.8, 4) is 0 Å². The molecular weight excluding hydrogens is 182 g/mol. The summed E-state index contributed by atoms with van der Waals surface area (Å²) in [6, 6.07) is 4.82. The van der Waals surface area contributed by atoms with E-state index in [4.69, 9.17) is 0 Å². The summed E-state index contributed by atoms with van der Waals surface area (Å²) in [6.45, 7) is 9.12. The summed E-state index contributed by atoms with van der Waals surface area (Å²) < 4.78 is 0. The quantitative estimate of drug-likeness (QED) is 0.678. The molecule has 0 N–H and O–H groups in total. The molecule has 0 aliphatic carbocycles. The molecule has 0 saturated carbocycles. The van der Waals surface area contributed by atoms with Gasteiger partial charge in [0.2, 0.25) is 0 Å². The molecule has 0 atom stereocenters. The third-order valence-electron chi connectivity index (χ3n) is 3.41. The van der Waals surface area contributed by atoms with Crippen LogP contribution in [0.5, 0.6) is 0 Å². The molecule has 0 amide bonds. The molecule has 0 fully saturated rings. The van der Waals surface area contributed by atoms with Gasteiger partial charge in [-0.05, 0) is 48.6 Å². The number of fused-ring (bicyclic) bond motifs is 1. The fourth-order valence-electron chi connectivity index (χ4n) is 2.51. The smallest absolute Gasteiger partial charge is 0.0233 e. The summed E-state index contributed by atoms with van der Waals surface area (Å²) in [4.78, 5) is 2.40. The summed E-state index contributed by atoms with van der Waals surface area (Å²) in [6.07, 6.45) is 1.21. The average Bonchev–Trinajstić information content (AvgIpc) is 2.17. The number of aryl methyl sites for hydroxylation is 1. The maximum absolute atomic E-state index is 2.42. The average molecular weight is 203 g/mol. The second-order valence-electron chi connectivity index (χ2n) is 5.12. The van der Waals surface area contributed by atoms with Crippen LogP contribution in [0.1, 0.15) is 42.0 Å². The number of nitrogens with zero attached hydrogens (tertiary/aromatic N) is 1. The second-order valence-corrected chi connectivity index (χ2v) is 5.12. The van der Waals surface area contributed by atoms with Gasteiger partial charge in [0, 0.05) is 13.1 Å². The van der Waals surface area contributed by atoms with E-state index in [2.05, 4.69) is 44.9 Å². The molecule has 1 aliphatic heterocycles. The molecule has 0 unspecified atom stereocenters. The van der Waals surface area contributed by atoms with Crippen LogP contribution in [-0.2, 0) is 13.0 Å². The van der Waals surface area contributed by atoms with Gasteiger partial charge in [0.15, 0.2) is 0 Å². The van der Waals surface area contributed by atoms with Crippen LogP contribution in [0.15, 0.2) is 12.1 Å². The highest BCUT2D eigenvalue weighted by atomic mass is 15.1. The van der Waals surface area contributed by atoms with Crippen LogP contribution in [0.25, 0.3) is 0 Å². The summed E-state index contributed by atoms with van der Waals surface area (Å²) >= 11 is 0. The molecule has 1 aromatic carbocycles. The minimum absolute atomic E-state index is 0.641. The molecule has 82 valence electrons. The van der Waals surface area contributed by atoms with Gasteiger partial charge >= 0.3 is 0 Å². The number of hydrogen-bond donors (Lipinski definition) is 0. The SMILES string of the molecule is Cc1cc2c(cc1C(C)C)CN(C)CC2. The Bertz CT molecular complexity index is 366. The van der Waals surface area contributed by atoms with Crippen LogP contribution in [0, 0.1) is 6.92 Å². The van der Waals surface area contributed by atoms with Crippen LogP contribution < -0.4 is 0 Å². The normalized spacial score (nSPS) is 16.9. The Labute approximate surface area is 93.1 Å². The lowest BCUT2D eigenvalue weighted by molar-refractivity contribution is 0.312. The molecule has 1 heteroatoms. The molecule has 0 spiro atoms. The summed E-state index contributed by atoms with van der Waals surface area (Å²) in [5.41, 5.74) is 6.09. The first-order valence-electron chi connectivity index (χ1n) is 5.88. The van der Waals surface area contributed by atoms with E-state index in [0.29, 0.717) is 5.92 Å². The van der Waals surface area contributed by atoms with Crippen molar-refractivity contribution in [3.63, 3.8) is 0 Å². The molecule has 2 rings (SSSR count). The molecular formula is C14H21N. The predicted molar refractivity (Wildman–Crippen MR) is 65.3 cm³/mol. The van der Waals surface area contributed by atoms with E-state index in [1.807, 2.05) is 0 Å². The Hall–Kier alpha value is -0.820. The van der Waals surface area contributed by atoms with E-state index in [1.54, 1.807) is 5.56 Å². The monoisotopic (exact) mass is 203 g/mol. The molecule has 0 bridgehead atoms. The van der Waals surface area contributed by atoms with Gasteiger partial charge in [0.05, 0.1) is 0 Å². The van der Waals surface area contributed by atoms with Gasteiger partial charge in [-0.2, -0.15) is 0 Å². The molecule has 0 radical (unpaired) electrons. The fraction of sp³-hybridized carbons (Fsp3) is 0.571. The van der Waals surface area contributed by atoms with E-state index in [0.717, 1.165) is 6.54 Å². The fourth-order valence-corrected chi connectivity index (χ4v) is 2.51. The lowest BCUT2D eigenvalue weighted by Gasteiger charge is -2.26. The first-order valence-corrected chi connectivity index (χ1v) is 5.88. The molecule has 0 saturated heterocycles. The summed E-state index contributed by atoms with van der Waals surface area (Å²) in [7, 11) is 2.21.